The normalized spacial score (nSPS) is 24.3. The molecule has 1 aromatic heterocycles. The molecule has 0 radical (unpaired) electrons. The van der Waals surface area contributed by atoms with Crippen LogP contribution in [0.4, 0.5) is 0 Å². The van der Waals surface area contributed by atoms with Crippen molar-refractivity contribution in [1.82, 2.24) is 14.8 Å². The molecule has 3 atom stereocenters. The van der Waals surface area contributed by atoms with E-state index in [2.05, 4.69) is 11.1 Å². The third kappa shape index (κ3) is 2.76. The molecule has 1 N–H and O–H groups in total. The Labute approximate surface area is 187 Å². The summed E-state index contributed by atoms with van der Waals surface area (Å²) in [4.78, 5) is 34.3. The molecule has 2 aliphatic heterocycles. The quantitative estimate of drug-likeness (QED) is 0.651. The van der Waals surface area contributed by atoms with Gasteiger partial charge in [-0.05, 0) is 43.5 Å². The highest BCUT2D eigenvalue weighted by molar-refractivity contribution is 6.31. The van der Waals surface area contributed by atoms with Gasteiger partial charge in [-0.15, -0.1) is 0 Å². The fourth-order valence-corrected chi connectivity index (χ4v) is 5.51. The molecule has 6 heteroatoms. The van der Waals surface area contributed by atoms with E-state index in [0.717, 1.165) is 34.1 Å². The second kappa shape index (κ2) is 7.13. The molecule has 2 aliphatic rings. The SMILES string of the molecule is CCC(C)N1CC(=O)N2CC(c3ccccc3Cl)c3c([nH]c4ccccc34)[C@@]2(C)C1=O. The third-order valence-electron chi connectivity index (χ3n) is 7.17. The molecule has 1 fully saturated rings. The Morgan fingerprint density at radius 1 is 1.16 bits per heavy atom. The number of piperazine rings is 1. The van der Waals surface area contributed by atoms with Crippen LogP contribution in [0.2, 0.25) is 5.02 Å². The number of aromatic amines is 1. The van der Waals surface area contributed by atoms with Crippen molar-refractivity contribution in [3.63, 3.8) is 0 Å². The molecule has 2 unspecified atom stereocenters. The van der Waals surface area contributed by atoms with Gasteiger partial charge in [0.2, 0.25) is 5.91 Å². The number of hydrogen-bond acceptors (Lipinski definition) is 2. The van der Waals surface area contributed by atoms with Crippen molar-refractivity contribution in [2.75, 3.05) is 13.1 Å². The van der Waals surface area contributed by atoms with E-state index in [-0.39, 0.29) is 30.3 Å². The molecular weight excluding hydrogens is 410 g/mol. The first-order chi connectivity index (χ1) is 14.9. The number of nitrogens with one attached hydrogen (secondary N) is 1. The first kappa shape index (κ1) is 20.1. The summed E-state index contributed by atoms with van der Waals surface area (Å²) < 4.78 is 0. The molecule has 1 saturated heterocycles. The van der Waals surface area contributed by atoms with E-state index in [1.54, 1.807) is 9.80 Å². The van der Waals surface area contributed by atoms with Crippen molar-refractivity contribution in [3.8, 4) is 0 Å². The van der Waals surface area contributed by atoms with Crippen LogP contribution in [0.25, 0.3) is 10.9 Å². The fraction of sp³-hybridized carbons (Fsp3) is 0.360. The molecule has 3 heterocycles. The van der Waals surface area contributed by atoms with Crippen molar-refractivity contribution in [3.05, 3.63) is 70.4 Å². The summed E-state index contributed by atoms with van der Waals surface area (Å²) in [5, 5.41) is 1.74. The third-order valence-corrected chi connectivity index (χ3v) is 7.52. The number of halogens is 1. The molecule has 0 saturated carbocycles. The minimum absolute atomic E-state index is 0.00421. The lowest BCUT2D eigenvalue weighted by Crippen LogP contribution is -2.68. The van der Waals surface area contributed by atoms with E-state index in [4.69, 9.17) is 11.6 Å². The molecule has 0 bridgehead atoms. The zero-order valence-corrected chi connectivity index (χ0v) is 18.7. The average Bonchev–Trinajstić information content (AvgIpc) is 3.17. The number of amides is 2. The van der Waals surface area contributed by atoms with Gasteiger partial charge in [-0.25, -0.2) is 0 Å². The second-order valence-electron chi connectivity index (χ2n) is 8.80. The summed E-state index contributed by atoms with van der Waals surface area (Å²) in [6, 6.07) is 15.9. The van der Waals surface area contributed by atoms with E-state index in [0.29, 0.717) is 11.6 Å². The van der Waals surface area contributed by atoms with Crippen LogP contribution < -0.4 is 0 Å². The minimum atomic E-state index is -1.06. The maximum absolute atomic E-state index is 13.9. The first-order valence-corrected chi connectivity index (χ1v) is 11.2. The summed E-state index contributed by atoms with van der Waals surface area (Å²) in [5.74, 6) is -0.157. The van der Waals surface area contributed by atoms with Gasteiger partial charge in [0.05, 0.1) is 5.69 Å². The van der Waals surface area contributed by atoms with E-state index in [1.165, 1.54) is 0 Å². The van der Waals surface area contributed by atoms with Gasteiger partial charge in [0.1, 0.15) is 6.54 Å². The number of fused-ring (bicyclic) bond motifs is 5. The van der Waals surface area contributed by atoms with E-state index in [1.807, 2.05) is 63.2 Å². The van der Waals surface area contributed by atoms with Crippen molar-refractivity contribution in [1.29, 1.82) is 0 Å². The largest absolute Gasteiger partial charge is 0.356 e. The highest BCUT2D eigenvalue weighted by atomic mass is 35.5. The first-order valence-electron chi connectivity index (χ1n) is 10.8. The maximum atomic E-state index is 13.9. The van der Waals surface area contributed by atoms with Gasteiger partial charge in [-0.2, -0.15) is 0 Å². The molecule has 31 heavy (non-hydrogen) atoms. The summed E-state index contributed by atoms with van der Waals surface area (Å²) in [6.45, 7) is 6.48. The second-order valence-corrected chi connectivity index (χ2v) is 9.21. The van der Waals surface area contributed by atoms with E-state index < -0.39 is 5.54 Å². The fourth-order valence-electron chi connectivity index (χ4n) is 5.24. The number of carbonyl (C=O) groups excluding carboxylic acids is 2. The molecule has 5 nitrogen and oxygen atoms in total. The Bertz CT molecular complexity index is 1200. The predicted octanol–water partition coefficient (Wildman–Crippen LogP) is 4.65. The van der Waals surface area contributed by atoms with Crippen LogP contribution in [0.15, 0.2) is 48.5 Å². The number of aromatic nitrogens is 1. The summed E-state index contributed by atoms with van der Waals surface area (Å²) >= 11 is 6.61. The number of benzene rings is 2. The average molecular weight is 436 g/mol. The van der Waals surface area contributed by atoms with Crippen LogP contribution in [0, 0.1) is 0 Å². The van der Waals surface area contributed by atoms with Gasteiger partial charge >= 0.3 is 0 Å². The molecule has 0 spiro atoms. The van der Waals surface area contributed by atoms with Crippen LogP contribution in [0.1, 0.15) is 49.9 Å². The molecule has 2 amide bonds. The lowest BCUT2D eigenvalue weighted by molar-refractivity contribution is -0.168. The monoisotopic (exact) mass is 435 g/mol. The number of para-hydroxylation sites is 1. The highest BCUT2D eigenvalue weighted by Gasteiger charge is 2.56. The van der Waals surface area contributed by atoms with Gasteiger partial charge < -0.3 is 14.8 Å². The molecule has 160 valence electrons. The zero-order chi connectivity index (χ0) is 21.9. The number of hydrogen-bond donors (Lipinski definition) is 1. The number of carbonyl (C=O) groups is 2. The summed E-state index contributed by atoms with van der Waals surface area (Å²) in [5.41, 5.74) is 2.74. The smallest absolute Gasteiger partial charge is 0.255 e. The van der Waals surface area contributed by atoms with E-state index in [9.17, 15) is 9.59 Å². The van der Waals surface area contributed by atoms with Crippen molar-refractivity contribution >= 4 is 34.3 Å². The molecule has 0 aliphatic carbocycles. The topological polar surface area (TPSA) is 56.4 Å². The van der Waals surface area contributed by atoms with Crippen LogP contribution in [0.3, 0.4) is 0 Å². The molecule has 3 aromatic rings. The number of rotatable bonds is 3. The Morgan fingerprint density at radius 3 is 2.61 bits per heavy atom. The lowest BCUT2D eigenvalue weighted by atomic mass is 9.76. The van der Waals surface area contributed by atoms with Crippen molar-refractivity contribution in [2.45, 2.75) is 44.7 Å². The molecule has 5 rings (SSSR count). The van der Waals surface area contributed by atoms with Crippen molar-refractivity contribution in [2.24, 2.45) is 0 Å². The van der Waals surface area contributed by atoms with E-state index >= 15 is 0 Å². The Hall–Kier alpha value is -2.79. The van der Waals surface area contributed by atoms with Crippen LogP contribution in [0.5, 0.6) is 0 Å². The Kier molecular flexibility index (Phi) is 4.63. The van der Waals surface area contributed by atoms with Gasteiger partial charge in [0, 0.05) is 34.4 Å². The Balaban J connectivity index is 1.78. The van der Waals surface area contributed by atoms with Crippen LogP contribution >= 0.6 is 11.6 Å². The highest BCUT2D eigenvalue weighted by Crippen LogP contribution is 2.49. The van der Waals surface area contributed by atoms with Gasteiger partial charge in [-0.1, -0.05) is 54.9 Å². The van der Waals surface area contributed by atoms with Crippen LogP contribution in [-0.4, -0.2) is 45.7 Å². The number of nitrogens with zero attached hydrogens (tertiary/aromatic N) is 2. The Morgan fingerprint density at radius 2 is 1.87 bits per heavy atom. The summed E-state index contributed by atoms with van der Waals surface area (Å²) in [7, 11) is 0. The van der Waals surface area contributed by atoms with Crippen molar-refractivity contribution < 1.29 is 9.59 Å². The summed E-state index contributed by atoms with van der Waals surface area (Å²) in [6.07, 6.45) is 0.802. The molecule has 2 aromatic carbocycles. The van der Waals surface area contributed by atoms with Gasteiger partial charge in [0.15, 0.2) is 5.54 Å². The minimum Gasteiger partial charge on any atom is -0.356 e. The van der Waals surface area contributed by atoms with Gasteiger partial charge in [0.25, 0.3) is 5.91 Å². The number of H-pyrrole nitrogens is 1. The standard InChI is InChI=1S/C25H26ClN3O2/c1-4-15(2)28-14-21(30)29-13-18(16-9-5-7-11-19(16)26)22-17-10-6-8-12-20(17)27-23(22)25(29,3)24(28)31/h5-12,15,18,27H,4,13-14H2,1-3H3/t15?,18?,25-/m0/s1. The van der Waals surface area contributed by atoms with Crippen LogP contribution in [-0.2, 0) is 15.1 Å². The predicted molar refractivity (Wildman–Crippen MR) is 122 cm³/mol. The van der Waals surface area contributed by atoms with Gasteiger partial charge in [-0.3, -0.25) is 9.59 Å². The zero-order valence-electron chi connectivity index (χ0n) is 18.0. The molecular formula is C25H26ClN3O2. The lowest BCUT2D eigenvalue weighted by Gasteiger charge is -2.52. The maximum Gasteiger partial charge on any atom is 0.255 e.